The van der Waals surface area contributed by atoms with Crippen LogP contribution in [0.2, 0.25) is 0 Å². The number of hydrogen-bond acceptors (Lipinski definition) is 5. The maximum absolute atomic E-state index is 11.5. The van der Waals surface area contributed by atoms with E-state index in [4.69, 9.17) is 0 Å². The molecule has 2 aliphatic heterocycles. The maximum atomic E-state index is 11.5. The van der Waals surface area contributed by atoms with Gasteiger partial charge in [0.1, 0.15) is 0 Å². The van der Waals surface area contributed by atoms with Crippen molar-refractivity contribution in [3.63, 3.8) is 0 Å². The second kappa shape index (κ2) is 4.29. The first-order chi connectivity index (χ1) is 8.85. The van der Waals surface area contributed by atoms with E-state index >= 15 is 0 Å². The van der Waals surface area contributed by atoms with Crippen LogP contribution in [0.3, 0.4) is 0 Å². The highest BCUT2D eigenvalue weighted by molar-refractivity contribution is 7.91. The Labute approximate surface area is 112 Å². The molecule has 3 rings (SSSR count). The summed E-state index contributed by atoms with van der Waals surface area (Å²) in [5, 5.41) is 14.3. The maximum Gasteiger partial charge on any atom is 0.154 e. The van der Waals surface area contributed by atoms with Crippen molar-refractivity contribution in [1.29, 1.82) is 0 Å². The molecule has 0 bridgehead atoms. The molecule has 7 heteroatoms. The fraction of sp³-hybridized carbons (Fsp3) is 0.750. The Morgan fingerprint density at radius 2 is 2.00 bits per heavy atom. The monoisotopic (exact) mass is 285 g/mol. The summed E-state index contributed by atoms with van der Waals surface area (Å²) in [4.78, 5) is 2.05. The first-order valence-electron chi connectivity index (χ1n) is 6.51. The fourth-order valence-electron chi connectivity index (χ4n) is 3.09. The minimum Gasteiger partial charge on any atom is -0.390 e. The molecule has 3 heterocycles. The third-order valence-electron chi connectivity index (χ3n) is 4.04. The molecule has 0 saturated carbocycles. The van der Waals surface area contributed by atoms with E-state index in [0.717, 1.165) is 24.5 Å². The second-order valence-corrected chi connectivity index (χ2v) is 7.84. The molecule has 1 aromatic rings. The minimum absolute atomic E-state index is 0.0814. The number of aryl methyl sites for hydroxylation is 2. The number of likely N-dealkylation sites (tertiary alicyclic amines) is 1. The summed E-state index contributed by atoms with van der Waals surface area (Å²) in [6.07, 6.45) is -0.744. The molecule has 0 amide bonds. The normalized spacial score (nSPS) is 31.5. The minimum atomic E-state index is -3.07. The Morgan fingerprint density at radius 3 is 2.47 bits per heavy atom. The van der Waals surface area contributed by atoms with Crippen LogP contribution in [0.5, 0.6) is 0 Å². The summed E-state index contributed by atoms with van der Waals surface area (Å²) < 4.78 is 25.0. The van der Waals surface area contributed by atoms with Gasteiger partial charge in [-0.25, -0.2) is 8.42 Å². The van der Waals surface area contributed by atoms with Gasteiger partial charge in [-0.05, 0) is 19.9 Å². The molecular formula is C12H19N3O3S. The Morgan fingerprint density at radius 1 is 1.32 bits per heavy atom. The number of rotatable bonds is 2. The van der Waals surface area contributed by atoms with Crippen LogP contribution in [0.4, 0.5) is 0 Å². The van der Waals surface area contributed by atoms with Gasteiger partial charge in [-0.15, -0.1) is 0 Å². The van der Waals surface area contributed by atoms with Crippen LogP contribution >= 0.6 is 0 Å². The third kappa shape index (κ3) is 2.30. The van der Waals surface area contributed by atoms with E-state index in [-0.39, 0.29) is 17.5 Å². The van der Waals surface area contributed by atoms with Gasteiger partial charge in [0, 0.05) is 18.8 Å². The van der Waals surface area contributed by atoms with Gasteiger partial charge in [-0.3, -0.25) is 9.58 Å². The smallest absolute Gasteiger partial charge is 0.154 e. The summed E-state index contributed by atoms with van der Waals surface area (Å²) in [6, 6.07) is 2.10. The molecule has 2 saturated heterocycles. The number of nitrogens with zero attached hydrogens (tertiary/aromatic N) is 3. The van der Waals surface area contributed by atoms with Crippen molar-refractivity contribution < 1.29 is 13.5 Å². The predicted molar refractivity (Wildman–Crippen MR) is 70.8 cm³/mol. The zero-order valence-corrected chi connectivity index (χ0v) is 12.0. The van der Waals surface area contributed by atoms with Crippen LogP contribution in [0.25, 0.3) is 0 Å². The molecule has 0 aromatic carbocycles. The zero-order valence-electron chi connectivity index (χ0n) is 11.2. The topological polar surface area (TPSA) is 75.4 Å². The molecule has 2 atom stereocenters. The predicted octanol–water partition coefficient (Wildman–Crippen LogP) is -0.485. The molecular weight excluding hydrogens is 266 g/mol. The highest BCUT2D eigenvalue weighted by Gasteiger charge is 2.44. The number of hydrogen-bond donors (Lipinski definition) is 1. The van der Waals surface area contributed by atoms with E-state index in [9.17, 15) is 13.5 Å². The third-order valence-corrected chi connectivity index (χ3v) is 5.74. The standard InChI is InChI=1S/C12H19N3O3S/c1-8-3-9(2)15(13-8)10-4-14(5-10)11-6-19(17,18)7-12(11)16/h3,10-12,16H,4-7H2,1-2H3. The van der Waals surface area contributed by atoms with E-state index in [1.807, 2.05) is 24.6 Å². The van der Waals surface area contributed by atoms with E-state index < -0.39 is 15.9 Å². The van der Waals surface area contributed by atoms with Gasteiger partial charge in [-0.1, -0.05) is 0 Å². The van der Waals surface area contributed by atoms with E-state index in [2.05, 4.69) is 10.00 Å². The Balaban J connectivity index is 1.66. The van der Waals surface area contributed by atoms with Crippen molar-refractivity contribution in [3.05, 3.63) is 17.5 Å². The summed E-state index contributed by atoms with van der Waals surface area (Å²) >= 11 is 0. The van der Waals surface area contributed by atoms with Crippen LogP contribution < -0.4 is 0 Å². The average Bonchev–Trinajstić information content (AvgIpc) is 2.65. The molecule has 0 aliphatic carbocycles. The van der Waals surface area contributed by atoms with Crippen LogP contribution in [0, 0.1) is 13.8 Å². The van der Waals surface area contributed by atoms with Crippen LogP contribution in [0.15, 0.2) is 6.07 Å². The van der Waals surface area contributed by atoms with E-state index in [0.29, 0.717) is 6.04 Å². The van der Waals surface area contributed by atoms with Crippen LogP contribution in [0.1, 0.15) is 17.4 Å². The molecule has 2 fully saturated rings. The lowest BCUT2D eigenvalue weighted by Crippen LogP contribution is -2.56. The first kappa shape index (κ1) is 13.1. The van der Waals surface area contributed by atoms with Crippen LogP contribution in [-0.2, 0) is 9.84 Å². The molecule has 0 radical (unpaired) electrons. The lowest BCUT2D eigenvalue weighted by atomic mass is 10.0. The largest absolute Gasteiger partial charge is 0.390 e. The summed E-state index contributed by atoms with van der Waals surface area (Å²) in [5.74, 6) is -0.0171. The van der Waals surface area contributed by atoms with E-state index in [1.54, 1.807) is 0 Å². The number of sulfone groups is 1. The second-order valence-electron chi connectivity index (χ2n) is 5.69. The number of aliphatic hydroxyl groups is 1. The van der Waals surface area contributed by atoms with Gasteiger partial charge in [0.2, 0.25) is 0 Å². The van der Waals surface area contributed by atoms with Crippen molar-refractivity contribution in [3.8, 4) is 0 Å². The molecule has 2 unspecified atom stereocenters. The van der Waals surface area contributed by atoms with Gasteiger partial charge in [0.25, 0.3) is 0 Å². The molecule has 2 aliphatic rings. The summed E-state index contributed by atoms with van der Waals surface area (Å²) in [6.45, 7) is 5.52. The lowest BCUT2D eigenvalue weighted by molar-refractivity contribution is 0.00777. The van der Waals surface area contributed by atoms with Crippen molar-refractivity contribution in [1.82, 2.24) is 14.7 Å². The Kier molecular flexibility index (Phi) is 2.95. The van der Waals surface area contributed by atoms with Crippen molar-refractivity contribution in [2.24, 2.45) is 0 Å². The fourth-order valence-corrected chi connectivity index (χ4v) is 4.92. The molecule has 6 nitrogen and oxygen atoms in total. The molecule has 1 N–H and O–H groups in total. The van der Waals surface area contributed by atoms with Crippen molar-refractivity contribution >= 4 is 9.84 Å². The van der Waals surface area contributed by atoms with E-state index in [1.165, 1.54) is 0 Å². The van der Waals surface area contributed by atoms with Crippen molar-refractivity contribution in [2.75, 3.05) is 24.6 Å². The van der Waals surface area contributed by atoms with Gasteiger partial charge in [-0.2, -0.15) is 5.10 Å². The SMILES string of the molecule is Cc1cc(C)n(C2CN(C3CS(=O)(=O)CC3O)C2)n1. The molecule has 19 heavy (non-hydrogen) atoms. The Bertz CT molecular complexity index is 589. The number of aliphatic hydroxyl groups excluding tert-OH is 1. The molecule has 0 spiro atoms. The Hall–Kier alpha value is -0.920. The quantitative estimate of drug-likeness (QED) is 0.794. The van der Waals surface area contributed by atoms with Gasteiger partial charge in [0.15, 0.2) is 9.84 Å². The summed E-state index contributed by atoms with van der Waals surface area (Å²) in [7, 11) is -3.07. The van der Waals surface area contributed by atoms with Crippen LogP contribution in [-0.4, -0.2) is 64.9 Å². The highest BCUT2D eigenvalue weighted by Crippen LogP contribution is 2.29. The number of aromatic nitrogens is 2. The first-order valence-corrected chi connectivity index (χ1v) is 8.33. The van der Waals surface area contributed by atoms with Gasteiger partial charge in [0.05, 0.1) is 35.4 Å². The van der Waals surface area contributed by atoms with Gasteiger partial charge >= 0.3 is 0 Å². The zero-order chi connectivity index (χ0) is 13.8. The van der Waals surface area contributed by atoms with Crippen molar-refractivity contribution in [2.45, 2.75) is 32.0 Å². The summed E-state index contributed by atoms with van der Waals surface area (Å²) in [5.41, 5.74) is 2.13. The lowest BCUT2D eigenvalue weighted by Gasteiger charge is -2.44. The molecule has 106 valence electrons. The van der Waals surface area contributed by atoms with Gasteiger partial charge < -0.3 is 5.11 Å². The highest BCUT2D eigenvalue weighted by atomic mass is 32.2. The molecule has 1 aromatic heterocycles. The average molecular weight is 285 g/mol.